The van der Waals surface area contributed by atoms with E-state index in [1.54, 1.807) is 0 Å². The van der Waals surface area contributed by atoms with E-state index in [9.17, 15) is 4.79 Å². The van der Waals surface area contributed by atoms with Gasteiger partial charge in [0.2, 0.25) is 6.10 Å². The summed E-state index contributed by atoms with van der Waals surface area (Å²) in [5.41, 5.74) is 0. The first kappa shape index (κ1) is 8.39. The summed E-state index contributed by atoms with van der Waals surface area (Å²) in [5.74, 6) is -1.12. The summed E-state index contributed by atoms with van der Waals surface area (Å²) in [4.78, 5) is 10.0. The van der Waals surface area contributed by atoms with Gasteiger partial charge in [-0.15, -0.1) is 0 Å². The van der Waals surface area contributed by atoms with Crippen LogP contribution in [0.4, 0.5) is 0 Å². The molecule has 9 heavy (non-hydrogen) atoms. The first-order valence-electron chi connectivity index (χ1n) is 2.46. The van der Waals surface area contributed by atoms with Crippen molar-refractivity contribution in [2.24, 2.45) is 0 Å². The molecule has 0 amide bonds. The van der Waals surface area contributed by atoms with E-state index in [1.165, 1.54) is 7.11 Å². The number of rotatable bonds is 4. The van der Waals surface area contributed by atoms with Crippen molar-refractivity contribution in [2.75, 3.05) is 13.7 Å². The molecule has 0 saturated carbocycles. The fourth-order valence-corrected chi connectivity index (χ4v) is 0.398. The van der Waals surface area contributed by atoms with E-state index in [-0.39, 0.29) is 19.1 Å². The Kier molecular flexibility index (Phi) is 4.00. The van der Waals surface area contributed by atoms with Gasteiger partial charge in [-0.1, -0.05) is 0 Å². The fourth-order valence-electron chi connectivity index (χ4n) is 0.398. The molecule has 0 atom stereocenters. The monoisotopic (exact) mass is 133 g/mol. The summed E-state index contributed by atoms with van der Waals surface area (Å²) in [7, 11) is 1.26. The predicted octanol–water partition coefficient (Wildman–Crippen LogP) is -0.368. The van der Waals surface area contributed by atoms with Gasteiger partial charge in [0.15, 0.2) is 0 Å². The number of carbonyl (C=O) groups is 1. The Hall–Kier alpha value is -0.610. The smallest absolute Gasteiger partial charge is 0.339 e. The molecular weight excluding hydrogens is 124 g/mol. The van der Waals surface area contributed by atoms with Crippen LogP contribution in [0, 0.1) is 6.10 Å². The van der Waals surface area contributed by atoms with Gasteiger partial charge in [-0.25, -0.2) is 4.79 Å². The first-order valence-corrected chi connectivity index (χ1v) is 2.46. The topological polar surface area (TPSA) is 66.8 Å². The molecule has 0 aromatic carbocycles. The lowest BCUT2D eigenvalue weighted by atomic mass is 10.3. The number of hydrogen-bond acceptors (Lipinski definition) is 3. The summed E-state index contributed by atoms with van der Waals surface area (Å²) in [6.07, 6.45) is -0.0521. The lowest BCUT2D eigenvalue weighted by Crippen LogP contribution is -2.14. The molecule has 0 bridgehead atoms. The van der Waals surface area contributed by atoms with E-state index in [0.29, 0.717) is 0 Å². The van der Waals surface area contributed by atoms with Crippen molar-refractivity contribution in [3.05, 3.63) is 6.10 Å². The number of ether oxygens (including phenoxy) is 1. The third kappa shape index (κ3) is 3.05. The average molecular weight is 133 g/mol. The molecule has 4 nitrogen and oxygen atoms in total. The van der Waals surface area contributed by atoms with Gasteiger partial charge in [-0.3, -0.25) is 0 Å². The highest BCUT2D eigenvalue weighted by Gasteiger charge is 2.16. The fraction of sp³-hybridized carbons (Fsp3) is 0.600. The van der Waals surface area contributed by atoms with Crippen molar-refractivity contribution in [3.8, 4) is 0 Å². The molecule has 0 aliphatic rings. The number of hydrogen-bond donors (Lipinski definition) is 2. The van der Waals surface area contributed by atoms with Gasteiger partial charge in [0.05, 0.1) is 0 Å². The molecule has 0 aromatic rings. The van der Waals surface area contributed by atoms with Gasteiger partial charge < -0.3 is 14.9 Å². The van der Waals surface area contributed by atoms with E-state index in [0.717, 1.165) is 0 Å². The minimum atomic E-state index is -1.12. The maximum atomic E-state index is 10.0. The number of aliphatic carboxylic acids is 1. The highest BCUT2D eigenvalue weighted by Crippen LogP contribution is 2.04. The first-order chi connectivity index (χ1) is 4.22. The lowest BCUT2D eigenvalue weighted by Gasteiger charge is -2.04. The van der Waals surface area contributed by atoms with Crippen LogP contribution in [0.5, 0.6) is 0 Å². The zero-order valence-corrected chi connectivity index (χ0v) is 5.13. The van der Waals surface area contributed by atoms with Crippen molar-refractivity contribution in [1.82, 2.24) is 0 Å². The van der Waals surface area contributed by atoms with Crippen LogP contribution in [0.25, 0.3) is 0 Å². The highest BCUT2D eigenvalue weighted by molar-refractivity contribution is 5.80. The Morgan fingerprint density at radius 1 is 1.67 bits per heavy atom. The standard InChI is InChI=1S/C5H9O4/c1-9-4(2-3-6)5(7)8/h6H,2-3H2,1H3,(H,7,8). The Balaban J connectivity index is 3.54. The largest absolute Gasteiger partial charge is 0.479 e. The molecule has 53 valence electrons. The Morgan fingerprint density at radius 2 is 2.22 bits per heavy atom. The lowest BCUT2D eigenvalue weighted by molar-refractivity contribution is -0.141. The number of carboxylic acid groups (broad SMARTS) is 1. The van der Waals surface area contributed by atoms with Crippen LogP contribution in [0.15, 0.2) is 0 Å². The SMILES string of the molecule is CO[C](CCO)C(=O)O. The van der Waals surface area contributed by atoms with Gasteiger partial charge in [0, 0.05) is 20.1 Å². The van der Waals surface area contributed by atoms with Crippen molar-refractivity contribution >= 4 is 5.97 Å². The molecule has 0 rings (SSSR count). The third-order valence-electron chi connectivity index (χ3n) is 0.824. The van der Waals surface area contributed by atoms with Gasteiger partial charge in [-0.05, 0) is 0 Å². The van der Waals surface area contributed by atoms with E-state index < -0.39 is 5.97 Å². The van der Waals surface area contributed by atoms with Crippen molar-refractivity contribution in [1.29, 1.82) is 0 Å². The molecule has 0 aromatic heterocycles. The second-order valence-electron chi connectivity index (χ2n) is 1.41. The van der Waals surface area contributed by atoms with Gasteiger partial charge in [0.1, 0.15) is 0 Å². The quantitative estimate of drug-likeness (QED) is 0.549. The van der Waals surface area contributed by atoms with Crippen molar-refractivity contribution < 1.29 is 19.7 Å². The third-order valence-corrected chi connectivity index (χ3v) is 0.824. The molecule has 2 N–H and O–H groups in total. The molecule has 0 saturated heterocycles. The molecular formula is C5H9O4. The van der Waals surface area contributed by atoms with E-state index >= 15 is 0 Å². The molecule has 0 spiro atoms. The average Bonchev–Trinajstić information content (AvgIpc) is 1.82. The summed E-state index contributed by atoms with van der Waals surface area (Å²) in [6, 6.07) is 0. The van der Waals surface area contributed by atoms with Gasteiger partial charge in [0.25, 0.3) is 0 Å². The van der Waals surface area contributed by atoms with E-state index in [4.69, 9.17) is 10.2 Å². The van der Waals surface area contributed by atoms with E-state index in [1.807, 2.05) is 0 Å². The summed E-state index contributed by atoms with van der Waals surface area (Å²) >= 11 is 0. The highest BCUT2D eigenvalue weighted by atomic mass is 16.5. The van der Waals surface area contributed by atoms with Crippen LogP contribution in [-0.2, 0) is 9.53 Å². The minimum absolute atomic E-state index is 0.0613. The van der Waals surface area contributed by atoms with Gasteiger partial charge in [-0.2, -0.15) is 0 Å². The van der Waals surface area contributed by atoms with Crippen LogP contribution in [0.3, 0.4) is 0 Å². The molecule has 4 heteroatoms. The molecule has 0 unspecified atom stereocenters. The predicted molar refractivity (Wildman–Crippen MR) is 29.6 cm³/mol. The van der Waals surface area contributed by atoms with Crippen LogP contribution >= 0.6 is 0 Å². The maximum absolute atomic E-state index is 10.0. The number of aliphatic hydroxyl groups is 1. The second-order valence-corrected chi connectivity index (χ2v) is 1.41. The van der Waals surface area contributed by atoms with E-state index in [2.05, 4.69) is 4.74 Å². The molecule has 0 aliphatic carbocycles. The van der Waals surface area contributed by atoms with Crippen LogP contribution < -0.4 is 0 Å². The minimum Gasteiger partial charge on any atom is -0.479 e. The Labute approximate surface area is 53.1 Å². The number of carboxylic acids is 1. The summed E-state index contributed by atoms with van der Waals surface area (Å²) in [6.45, 7) is -0.199. The van der Waals surface area contributed by atoms with Crippen molar-refractivity contribution in [3.63, 3.8) is 0 Å². The van der Waals surface area contributed by atoms with Crippen LogP contribution in [-0.4, -0.2) is 29.9 Å². The molecule has 1 radical (unpaired) electrons. The van der Waals surface area contributed by atoms with Crippen molar-refractivity contribution in [2.45, 2.75) is 6.42 Å². The normalized spacial score (nSPS) is 10.1. The summed E-state index contributed by atoms with van der Waals surface area (Å²) < 4.78 is 4.41. The maximum Gasteiger partial charge on any atom is 0.339 e. The van der Waals surface area contributed by atoms with Gasteiger partial charge >= 0.3 is 5.97 Å². The van der Waals surface area contributed by atoms with Crippen LogP contribution in [0.1, 0.15) is 6.42 Å². The summed E-state index contributed by atoms with van der Waals surface area (Å²) in [5, 5.41) is 16.5. The molecule has 0 aliphatic heterocycles. The molecule has 0 fully saturated rings. The number of methoxy groups -OCH3 is 1. The Morgan fingerprint density at radius 3 is 2.33 bits per heavy atom. The van der Waals surface area contributed by atoms with Crippen LogP contribution in [0.2, 0.25) is 0 Å². The molecule has 0 heterocycles. The zero-order valence-electron chi connectivity index (χ0n) is 5.13. The second kappa shape index (κ2) is 4.29. The zero-order chi connectivity index (χ0) is 7.28. The Bertz CT molecular complexity index is 91.0. The number of aliphatic hydroxyl groups excluding tert-OH is 1.